The molecule has 1 aromatic carbocycles. The van der Waals surface area contributed by atoms with E-state index >= 15 is 0 Å². The molecule has 0 radical (unpaired) electrons. The Morgan fingerprint density at radius 3 is 2.47 bits per heavy atom. The van der Waals surface area contributed by atoms with Crippen LogP contribution < -0.4 is 21.1 Å². The van der Waals surface area contributed by atoms with Gasteiger partial charge in [0, 0.05) is 29.2 Å². The number of benzene rings is 1. The average Bonchev–Trinajstić information content (AvgIpc) is 3.47. The molecule has 2 aliphatic heterocycles. The van der Waals surface area contributed by atoms with Crippen molar-refractivity contribution in [3.63, 3.8) is 0 Å². The number of nitrogens with zero attached hydrogens (tertiary/aromatic N) is 3. The number of nitrogens with one attached hydrogen (secondary N) is 3. The monoisotopic (exact) mass is 448 g/mol. The summed E-state index contributed by atoms with van der Waals surface area (Å²) in [5.41, 5.74) is 8.92. The van der Waals surface area contributed by atoms with E-state index in [1.165, 1.54) is 30.6 Å². The molecule has 0 aliphatic carbocycles. The minimum atomic E-state index is -0.265. The van der Waals surface area contributed by atoms with E-state index in [1.807, 2.05) is 36.4 Å². The van der Waals surface area contributed by atoms with Crippen LogP contribution in [0.15, 0.2) is 53.9 Å². The lowest BCUT2D eigenvalue weighted by molar-refractivity contribution is -0.117. The van der Waals surface area contributed by atoms with Crippen molar-refractivity contribution in [2.45, 2.75) is 44.2 Å². The molecule has 0 bridgehead atoms. The number of aromatic nitrogens is 2. The van der Waals surface area contributed by atoms with Crippen LogP contribution in [0, 0.1) is 0 Å². The predicted octanol–water partition coefficient (Wildman–Crippen LogP) is 4.13. The van der Waals surface area contributed by atoms with Crippen LogP contribution in [0.3, 0.4) is 0 Å². The molecule has 2 aromatic heterocycles. The Bertz CT molecular complexity index is 1010. The number of amides is 1. The zero-order valence-electron chi connectivity index (χ0n) is 18.0. The van der Waals surface area contributed by atoms with Gasteiger partial charge in [0.25, 0.3) is 0 Å². The van der Waals surface area contributed by atoms with Crippen molar-refractivity contribution in [3.8, 4) is 11.3 Å². The summed E-state index contributed by atoms with van der Waals surface area (Å²) in [4.78, 5) is 16.2. The number of carbonyl (C=O) groups excluding carboxylic acids is 1. The van der Waals surface area contributed by atoms with Crippen molar-refractivity contribution in [3.05, 3.63) is 58.8 Å². The van der Waals surface area contributed by atoms with Gasteiger partial charge in [-0.25, -0.2) is 10.9 Å². The quantitative estimate of drug-likeness (QED) is 0.544. The highest BCUT2D eigenvalue weighted by atomic mass is 32.1. The maximum Gasteiger partial charge on any atom is 0.242 e. The van der Waals surface area contributed by atoms with Gasteiger partial charge in [-0.1, -0.05) is 31.0 Å². The van der Waals surface area contributed by atoms with E-state index < -0.39 is 0 Å². The van der Waals surface area contributed by atoms with Crippen molar-refractivity contribution < 1.29 is 4.79 Å². The van der Waals surface area contributed by atoms with Gasteiger partial charge >= 0.3 is 0 Å². The third-order valence-corrected chi connectivity index (χ3v) is 7.12. The molecule has 2 aliphatic rings. The summed E-state index contributed by atoms with van der Waals surface area (Å²) in [6.45, 7) is 2.11. The van der Waals surface area contributed by atoms with Gasteiger partial charge in [0.1, 0.15) is 6.04 Å². The Labute approximate surface area is 192 Å². The van der Waals surface area contributed by atoms with Crippen LogP contribution in [-0.4, -0.2) is 35.2 Å². The van der Waals surface area contributed by atoms with Gasteiger partial charge in [0.05, 0.1) is 11.7 Å². The molecule has 166 valence electrons. The summed E-state index contributed by atoms with van der Waals surface area (Å²) in [5, 5.41) is 14.0. The SMILES string of the molecule is O=C(Nc1ccc(-c2ccc(N3CCCCCC3)nn2)cc1)C1CC(c2cccs2)NN1. The first-order chi connectivity index (χ1) is 15.8. The lowest BCUT2D eigenvalue weighted by Gasteiger charge is -2.20. The molecule has 32 heavy (non-hydrogen) atoms. The fourth-order valence-electron chi connectivity index (χ4n) is 4.31. The topological polar surface area (TPSA) is 82.2 Å². The maximum absolute atomic E-state index is 12.7. The Kier molecular flexibility index (Phi) is 6.43. The summed E-state index contributed by atoms with van der Waals surface area (Å²) >= 11 is 1.70. The number of anilines is 2. The van der Waals surface area contributed by atoms with Crippen molar-refractivity contribution >= 4 is 28.7 Å². The highest BCUT2D eigenvalue weighted by Crippen LogP contribution is 2.27. The largest absolute Gasteiger partial charge is 0.355 e. The molecule has 4 heterocycles. The van der Waals surface area contributed by atoms with Crippen molar-refractivity contribution in [1.82, 2.24) is 21.0 Å². The minimum absolute atomic E-state index is 0.0362. The third-order valence-electron chi connectivity index (χ3n) is 6.14. The Balaban J connectivity index is 1.18. The van der Waals surface area contributed by atoms with Crippen LogP contribution in [0.4, 0.5) is 11.5 Å². The highest BCUT2D eigenvalue weighted by molar-refractivity contribution is 7.10. The minimum Gasteiger partial charge on any atom is -0.355 e. The van der Waals surface area contributed by atoms with E-state index in [-0.39, 0.29) is 18.0 Å². The number of hydrogen-bond donors (Lipinski definition) is 3. The highest BCUT2D eigenvalue weighted by Gasteiger charge is 2.30. The van der Waals surface area contributed by atoms with Gasteiger partial charge in [-0.3, -0.25) is 4.79 Å². The van der Waals surface area contributed by atoms with Crippen molar-refractivity contribution in [2.75, 3.05) is 23.3 Å². The van der Waals surface area contributed by atoms with Crippen LogP contribution in [0.5, 0.6) is 0 Å². The van der Waals surface area contributed by atoms with Gasteiger partial charge < -0.3 is 10.2 Å². The second-order valence-corrected chi connectivity index (χ2v) is 9.37. The van der Waals surface area contributed by atoms with Crippen LogP contribution >= 0.6 is 11.3 Å². The van der Waals surface area contributed by atoms with E-state index in [1.54, 1.807) is 11.3 Å². The van der Waals surface area contributed by atoms with Crippen LogP contribution in [0.2, 0.25) is 0 Å². The summed E-state index contributed by atoms with van der Waals surface area (Å²) in [5.74, 6) is 0.920. The molecule has 0 spiro atoms. The molecule has 1 amide bonds. The summed E-state index contributed by atoms with van der Waals surface area (Å²) in [6.07, 6.45) is 5.76. The van der Waals surface area contributed by atoms with Gasteiger partial charge in [0.2, 0.25) is 5.91 Å². The summed E-state index contributed by atoms with van der Waals surface area (Å²) < 4.78 is 0. The zero-order valence-corrected chi connectivity index (χ0v) is 18.8. The molecule has 2 unspecified atom stereocenters. The lowest BCUT2D eigenvalue weighted by atomic mass is 10.1. The first-order valence-corrected chi connectivity index (χ1v) is 12.2. The lowest BCUT2D eigenvalue weighted by Crippen LogP contribution is -2.39. The maximum atomic E-state index is 12.7. The molecule has 3 aromatic rings. The molecule has 7 nitrogen and oxygen atoms in total. The summed E-state index contributed by atoms with van der Waals surface area (Å²) in [7, 11) is 0. The van der Waals surface area contributed by atoms with Gasteiger partial charge in [-0.2, -0.15) is 0 Å². The normalized spacial score (nSPS) is 21.3. The van der Waals surface area contributed by atoms with Gasteiger partial charge in [0.15, 0.2) is 5.82 Å². The van der Waals surface area contributed by atoms with E-state index in [0.717, 1.165) is 42.3 Å². The first kappa shape index (κ1) is 21.1. The molecule has 0 saturated carbocycles. The van der Waals surface area contributed by atoms with Crippen molar-refractivity contribution in [2.24, 2.45) is 0 Å². The van der Waals surface area contributed by atoms with Crippen LogP contribution in [-0.2, 0) is 4.79 Å². The molecule has 5 rings (SSSR count). The molecule has 2 atom stereocenters. The van der Waals surface area contributed by atoms with E-state index in [0.29, 0.717) is 0 Å². The average molecular weight is 449 g/mol. The van der Waals surface area contributed by atoms with Crippen molar-refractivity contribution in [1.29, 1.82) is 0 Å². The number of hydrazine groups is 1. The van der Waals surface area contributed by atoms with E-state index in [2.05, 4.69) is 48.8 Å². The number of thiophene rings is 1. The molecule has 8 heteroatoms. The molecule has 2 saturated heterocycles. The molecule has 3 N–H and O–H groups in total. The number of rotatable bonds is 5. The first-order valence-electron chi connectivity index (χ1n) is 11.3. The fraction of sp³-hybridized carbons (Fsp3) is 0.375. The predicted molar refractivity (Wildman–Crippen MR) is 129 cm³/mol. The Morgan fingerprint density at radius 1 is 0.969 bits per heavy atom. The van der Waals surface area contributed by atoms with Gasteiger partial charge in [-0.05, 0) is 55.0 Å². The number of hydrogen-bond acceptors (Lipinski definition) is 7. The standard InChI is InChI=1S/C24H28N6OS/c31-24(21-16-20(27-28-21)22-6-5-15-32-22)25-18-9-7-17(8-10-18)19-11-12-23(29-26-19)30-13-3-1-2-4-14-30/h5-12,15,20-21,27-28H,1-4,13-14,16H2,(H,25,31). The molecular weight excluding hydrogens is 420 g/mol. The van der Waals surface area contributed by atoms with Gasteiger partial charge in [-0.15, -0.1) is 21.5 Å². The van der Waals surface area contributed by atoms with Crippen LogP contribution in [0.1, 0.15) is 43.0 Å². The number of carbonyl (C=O) groups is 1. The second-order valence-electron chi connectivity index (χ2n) is 8.39. The molecular formula is C24H28N6OS. The Morgan fingerprint density at radius 2 is 1.78 bits per heavy atom. The summed E-state index contributed by atoms with van der Waals surface area (Å²) in [6, 6.07) is 15.9. The smallest absolute Gasteiger partial charge is 0.242 e. The zero-order chi connectivity index (χ0) is 21.8. The fourth-order valence-corrected chi connectivity index (χ4v) is 5.10. The second kappa shape index (κ2) is 9.77. The van der Waals surface area contributed by atoms with E-state index in [9.17, 15) is 4.79 Å². The third kappa shape index (κ3) is 4.82. The van der Waals surface area contributed by atoms with E-state index in [4.69, 9.17) is 0 Å². The van der Waals surface area contributed by atoms with Crippen LogP contribution in [0.25, 0.3) is 11.3 Å². The Hall–Kier alpha value is -2.81. The molecule has 2 fully saturated rings.